The topological polar surface area (TPSA) is 41.4 Å². The zero-order valence-electron chi connectivity index (χ0n) is 15.9. The molecular formula is C22H26NO4+. The molecule has 2 aromatic carbocycles. The van der Waals surface area contributed by atoms with Gasteiger partial charge in [0.15, 0.2) is 11.5 Å². The van der Waals surface area contributed by atoms with E-state index in [0.717, 1.165) is 23.0 Å². The summed E-state index contributed by atoms with van der Waals surface area (Å²) in [6, 6.07) is 12.6. The molecule has 0 saturated carbocycles. The summed E-state index contributed by atoms with van der Waals surface area (Å²) in [6.07, 6.45) is 2.72. The van der Waals surface area contributed by atoms with Gasteiger partial charge in [0, 0.05) is 30.4 Å². The number of hydrogen-bond acceptors (Lipinski definition) is 4. The van der Waals surface area contributed by atoms with E-state index in [0.29, 0.717) is 5.92 Å². The first-order chi connectivity index (χ1) is 13.2. The molecule has 27 heavy (non-hydrogen) atoms. The van der Waals surface area contributed by atoms with Gasteiger partial charge in [-0.3, -0.25) is 4.90 Å². The molecule has 5 nitrogen and oxygen atoms in total. The van der Waals surface area contributed by atoms with Crippen LogP contribution in [-0.4, -0.2) is 33.2 Å². The minimum atomic E-state index is 0.160. The van der Waals surface area contributed by atoms with Crippen molar-refractivity contribution in [1.82, 2.24) is 0 Å². The highest BCUT2D eigenvalue weighted by Gasteiger charge is 2.43. The van der Waals surface area contributed by atoms with Crippen LogP contribution >= 0.6 is 0 Å². The molecule has 1 fully saturated rings. The molecule has 3 aliphatic heterocycles. The molecule has 3 aliphatic rings. The maximum atomic E-state index is 6.55. The molecule has 2 aromatic rings. The number of hydrogen-bond donors (Lipinski definition) is 1. The minimum absolute atomic E-state index is 0.160. The van der Waals surface area contributed by atoms with Crippen LogP contribution in [0.3, 0.4) is 0 Å². The van der Waals surface area contributed by atoms with Gasteiger partial charge in [-0.15, -0.1) is 0 Å². The first kappa shape index (κ1) is 16.8. The molecule has 3 atom stereocenters. The van der Waals surface area contributed by atoms with E-state index in [-0.39, 0.29) is 18.9 Å². The lowest BCUT2D eigenvalue weighted by Gasteiger charge is -2.39. The van der Waals surface area contributed by atoms with Crippen LogP contribution in [0.4, 0.5) is 0 Å². The average Bonchev–Trinajstić information content (AvgIpc) is 3.38. The summed E-state index contributed by atoms with van der Waals surface area (Å²) in [5, 5.41) is 0. The van der Waals surface area contributed by atoms with Gasteiger partial charge >= 0.3 is 0 Å². The van der Waals surface area contributed by atoms with Crippen molar-refractivity contribution in [3.8, 4) is 23.0 Å². The Bertz CT molecular complexity index is 829. The highest BCUT2D eigenvalue weighted by molar-refractivity contribution is 5.56. The predicted molar refractivity (Wildman–Crippen MR) is 101 cm³/mol. The normalized spacial score (nSPS) is 26.5. The van der Waals surface area contributed by atoms with Crippen LogP contribution in [0.15, 0.2) is 36.4 Å². The SMILES string of the molecule is COc1ccc([C@H]2c3cc4c(cc3O[C@H]([NH+]3CCCC3)[C@H]2C)OCO4)cc1. The highest BCUT2D eigenvalue weighted by Crippen LogP contribution is 2.48. The van der Waals surface area contributed by atoms with Gasteiger partial charge in [0.1, 0.15) is 11.5 Å². The number of likely N-dealkylation sites (tertiary alicyclic amines) is 1. The molecule has 0 spiro atoms. The Labute approximate surface area is 159 Å². The first-order valence-electron chi connectivity index (χ1n) is 9.83. The molecule has 142 valence electrons. The van der Waals surface area contributed by atoms with Crippen molar-refractivity contribution in [2.75, 3.05) is 27.0 Å². The van der Waals surface area contributed by atoms with Crippen molar-refractivity contribution >= 4 is 0 Å². The smallest absolute Gasteiger partial charge is 0.235 e. The molecule has 0 bridgehead atoms. The molecule has 1 N–H and O–H groups in total. The maximum Gasteiger partial charge on any atom is 0.235 e. The number of methoxy groups -OCH3 is 1. The number of ether oxygens (including phenoxy) is 4. The summed E-state index contributed by atoms with van der Waals surface area (Å²) in [5.74, 6) is 4.03. The van der Waals surface area contributed by atoms with E-state index < -0.39 is 0 Å². The summed E-state index contributed by atoms with van der Waals surface area (Å²) in [4.78, 5) is 1.56. The van der Waals surface area contributed by atoms with E-state index in [1.807, 2.05) is 18.2 Å². The van der Waals surface area contributed by atoms with E-state index in [4.69, 9.17) is 18.9 Å². The van der Waals surface area contributed by atoms with Gasteiger partial charge in [0.05, 0.1) is 26.1 Å². The zero-order chi connectivity index (χ0) is 18.4. The first-order valence-corrected chi connectivity index (χ1v) is 9.83. The maximum absolute atomic E-state index is 6.55. The van der Waals surface area contributed by atoms with Crippen molar-refractivity contribution in [3.05, 3.63) is 47.5 Å². The van der Waals surface area contributed by atoms with Crippen LogP contribution in [0.1, 0.15) is 36.8 Å². The Hall–Kier alpha value is -2.40. The van der Waals surface area contributed by atoms with Gasteiger partial charge in [0.25, 0.3) is 0 Å². The third-order valence-corrected chi connectivity index (χ3v) is 6.22. The van der Waals surface area contributed by atoms with Gasteiger partial charge < -0.3 is 18.9 Å². The lowest BCUT2D eigenvalue weighted by atomic mass is 9.78. The molecular weight excluding hydrogens is 342 g/mol. The monoisotopic (exact) mass is 368 g/mol. The molecule has 0 aromatic heterocycles. The van der Waals surface area contributed by atoms with Crippen molar-refractivity contribution < 1.29 is 23.8 Å². The van der Waals surface area contributed by atoms with Crippen LogP contribution in [0.2, 0.25) is 0 Å². The fourth-order valence-corrected chi connectivity index (χ4v) is 4.85. The molecule has 0 amide bonds. The Morgan fingerprint density at radius 1 is 0.963 bits per heavy atom. The second-order valence-electron chi connectivity index (χ2n) is 7.76. The van der Waals surface area contributed by atoms with E-state index in [1.54, 1.807) is 12.0 Å². The van der Waals surface area contributed by atoms with Gasteiger partial charge in [-0.1, -0.05) is 19.1 Å². The highest BCUT2D eigenvalue weighted by atomic mass is 16.7. The van der Waals surface area contributed by atoms with Crippen molar-refractivity contribution in [1.29, 1.82) is 0 Å². The van der Waals surface area contributed by atoms with Crippen LogP contribution in [0.25, 0.3) is 0 Å². The van der Waals surface area contributed by atoms with Crippen molar-refractivity contribution in [2.45, 2.75) is 31.9 Å². The molecule has 5 heteroatoms. The second-order valence-corrected chi connectivity index (χ2v) is 7.76. The summed E-state index contributed by atoms with van der Waals surface area (Å²) in [5.41, 5.74) is 2.47. The van der Waals surface area contributed by atoms with Gasteiger partial charge in [-0.25, -0.2) is 0 Å². The van der Waals surface area contributed by atoms with E-state index in [9.17, 15) is 0 Å². The number of quaternary nitrogens is 1. The number of benzene rings is 2. The Balaban J connectivity index is 1.60. The summed E-state index contributed by atoms with van der Waals surface area (Å²) in [6.45, 7) is 4.97. The summed E-state index contributed by atoms with van der Waals surface area (Å²) >= 11 is 0. The summed E-state index contributed by atoms with van der Waals surface area (Å²) in [7, 11) is 1.70. The quantitative estimate of drug-likeness (QED) is 0.904. The van der Waals surface area contributed by atoms with Crippen molar-refractivity contribution in [3.63, 3.8) is 0 Å². The van der Waals surface area contributed by atoms with Crippen LogP contribution in [-0.2, 0) is 0 Å². The van der Waals surface area contributed by atoms with E-state index in [2.05, 4.69) is 25.1 Å². The third-order valence-electron chi connectivity index (χ3n) is 6.22. The van der Waals surface area contributed by atoms with Crippen molar-refractivity contribution in [2.24, 2.45) is 5.92 Å². The number of rotatable bonds is 3. The van der Waals surface area contributed by atoms with Gasteiger partial charge in [-0.05, 0) is 23.8 Å². The van der Waals surface area contributed by atoms with Crippen LogP contribution in [0, 0.1) is 5.92 Å². The number of fused-ring (bicyclic) bond motifs is 2. The molecule has 0 unspecified atom stereocenters. The minimum Gasteiger partial charge on any atom is -0.497 e. The lowest BCUT2D eigenvalue weighted by molar-refractivity contribution is -0.937. The van der Waals surface area contributed by atoms with Gasteiger partial charge in [0.2, 0.25) is 13.0 Å². The fourth-order valence-electron chi connectivity index (χ4n) is 4.85. The third kappa shape index (κ3) is 2.81. The Morgan fingerprint density at radius 2 is 1.67 bits per heavy atom. The molecule has 3 heterocycles. The molecule has 5 rings (SSSR count). The van der Waals surface area contributed by atoms with Gasteiger partial charge in [-0.2, -0.15) is 0 Å². The van der Waals surface area contributed by atoms with Crippen LogP contribution < -0.4 is 23.8 Å². The predicted octanol–water partition coefficient (Wildman–Crippen LogP) is 2.59. The molecule has 0 radical (unpaired) electrons. The zero-order valence-corrected chi connectivity index (χ0v) is 15.9. The second kappa shape index (κ2) is 6.64. The standard InChI is InChI=1S/C22H25NO4/c1-14-21(15-5-7-16(24-2)8-6-15)17-11-19-20(26-13-25-19)12-18(17)27-22(14)23-9-3-4-10-23/h5-8,11-12,14,21-22H,3-4,9-10,13H2,1-2H3/p+1/t14-,21-,22-/m0/s1. The van der Waals surface area contributed by atoms with Crippen LogP contribution in [0.5, 0.6) is 23.0 Å². The Morgan fingerprint density at radius 3 is 2.37 bits per heavy atom. The molecule has 0 aliphatic carbocycles. The largest absolute Gasteiger partial charge is 0.497 e. The fraction of sp³-hybridized carbons (Fsp3) is 0.455. The summed E-state index contributed by atoms with van der Waals surface area (Å²) < 4.78 is 23.1. The van der Waals surface area contributed by atoms with E-state index >= 15 is 0 Å². The number of nitrogens with one attached hydrogen (secondary N) is 1. The molecule has 1 saturated heterocycles. The average molecular weight is 368 g/mol. The Kier molecular flexibility index (Phi) is 4.12. The lowest BCUT2D eigenvalue weighted by Crippen LogP contribution is -3.16. The van der Waals surface area contributed by atoms with E-state index in [1.165, 1.54) is 37.1 Å².